The zero-order valence-corrected chi connectivity index (χ0v) is 16.9. The molecule has 6 heteroatoms. The van der Waals surface area contributed by atoms with Gasteiger partial charge in [-0.25, -0.2) is 4.98 Å². The summed E-state index contributed by atoms with van der Waals surface area (Å²) in [5.41, 5.74) is 1.78. The number of anilines is 2. The molecule has 0 bridgehead atoms. The van der Waals surface area contributed by atoms with Crippen LogP contribution < -0.4 is 15.5 Å². The number of hydrogen-bond acceptors (Lipinski definition) is 5. The van der Waals surface area contributed by atoms with Gasteiger partial charge in [-0.3, -0.25) is 4.79 Å². The molecule has 6 nitrogen and oxygen atoms in total. The van der Waals surface area contributed by atoms with Gasteiger partial charge in [-0.2, -0.15) is 4.98 Å². The van der Waals surface area contributed by atoms with E-state index in [-0.39, 0.29) is 11.9 Å². The molecular weight excluding hydrogens is 350 g/mol. The number of carbonyl (C=O) groups is 1. The Kier molecular flexibility index (Phi) is 6.63. The number of hydrogen-bond donors (Lipinski definition) is 2. The first-order chi connectivity index (χ1) is 13.5. The van der Waals surface area contributed by atoms with Crippen LogP contribution in [0, 0.1) is 0 Å². The highest BCUT2D eigenvalue weighted by molar-refractivity contribution is 5.97. The minimum atomic E-state index is 0.0160. The van der Waals surface area contributed by atoms with Crippen LogP contribution in [0.5, 0.6) is 0 Å². The predicted molar refractivity (Wildman–Crippen MR) is 114 cm³/mol. The fourth-order valence-electron chi connectivity index (χ4n) is 3.40. The van der Waals surface area contributed by atoms with E-state index in [1.807, 2.05) is 68.4 Å². The van der Waals surface area contributed by atoms with Crippen LogP contribution in [-0.2, 0) is 4.79 Å². The fourth-order valence-corrected chi connectivity index (χ4v) is 3.40. The Morgan fingerprint density at radius 1 is 1.07 bits per heavy atom. The lowest BCUT2D eigenvalue weighted by molar-refractivity contribution is -0.118. The summed E-state index contributed by atoms with van der Waals surface area (Å²) in [6.07, 6.45) is 7.59. The highest BCUT2D eigenvalue weighted by Gasteiger charge is 2.23. The maximum Gasteiger partial charge on any atom is 0.247 e. The smallest absolute Gasteiger partial charge is 0.247 e. The number of aromatic nitrogens is 2. The molecule has 1 heterocycles. The lowest BCUT2D eigenvalue weighted by Gasteiger charge is -2.30. The van der Waals surface area contributed by atoms with E-state index in [0.29, 0.717) is 12.0 Å². The van der Waals surface area contributed by atoms with Crippen molar-refractivity contribution in [3.63, 3.8) is 0 Å². The van der Waals surface area contributed by atoms with Gasteiger partial charge in [-0.15, -0.1) is 0 Å². The Bertz CT molecular complexity index is 811. The summed E-state index contributed by atoms with van der Waals surface area (Å²) in [4.78, 5) is 23.3. The first-order valence-electron chi connectivity index (χ1n) is 9.82. The van der Waals surface area contributed by atoms with Crippen LogP contribution in [0.4, 0.5) is 11.8 Å². The maximum absolute atomic E-state index is 12.5. The van der Waals surface area contributed by atoms with E-state index in [1.54, 1.807) is 6.20 Å². The zero-order chi connectivity index (χ0) is 19.9. The largest absolute Gasteiger partial charge is 0.363 e. The molecule has 2 N–H and O–H groups in total. The predicted octanol–water partition coefficient (Wildman–Crippen LogP) is 3.49. The Morgan fingerprint density at radius 2 is 1.75 bits per heavy atom. The van der Waals surface area contributed by atoms with Crippen molar-refractivity contribution < 1.29 is 4.79 Å². The van der Waals surface area contributed by atoms with E-state index in [1.165, 1.54) is 0 Å². The SMILES string of the molecule is C/C(=C\c1ccccc1)C(=O)N[C@H]1CC[C@@H](Nc2nccc(N(C)C)n2)CC1. The summed E-state index contributed by atoms with van der Waals surface area (Å²) >= 11 is 0. The van der Waals surface area contributed by atoms with E-state index in [2.05, 4.69) is 20.6 Å². The molecule has 1 saturated carbocycles. The Morgan fingerprint density at radius 3 is 2.43 bits per heavy atom. The minimum Gasteiger partial charge on any atom is -0.363 e. The number of amides is 1. The van der Waals surface area contributed by atoms with Gasteiger partial charge in [-0.05, 0) is 50.3 Å². The molecule has 148 valence electrons. The van der Waals surface area contributed by atoms with Gasteiger partial charge in [0.2, 0.25) is 11.9 Å². The highest BCUT2D eigenvalue weighted by atomic mass is 16.1. The van der Waals surface area contributed by atoms with Crippen molar-refractivity contribution in [2.45, 2.75) is 44.7 Å². The number of carbonyl (C=O) groups excluding carboxylic acids is 1. The van der Waals surface area contributed by atoms with Gasteiger partial charge in [-0.1, -0.05) is 30.3 Å². The molecule has 1 aromatic carbocycles. The van der Waals surface area contributed by atoms with Crippen molar-refractivity contribution in [3.8, 4) is 0 Å². The van der Waals surface area contributed by atoms with Gasteiger partial charge in [0.15, 0.2) is 0 Å². The third-order valence-electron chi connectivity index (χ3n) is 5.04. The van der Waals surface area contributed by atoms with Crippen molar-refractivity contribution in [2.75, 3.05) is 24.3 Å². The molecule has 3 rings (SSSR count). The third-order valence-corrected chi connectivity index (χ3v) is 5.04. The number of benzene rings is 1. The minimum absolute atomic E-state index is 0.0160. The molecule has 0 radical (unpaired) electrons. The molecule has 0 spiro atoms. The second kappa shape index (κ2) is 9.35. The number of rotatable bonds is 6. The standard InChI is InChI=1S/C22H29N5O/c1-16(15-17-7-5-4-6-8-17)21(28)24-18-9-11-19(12-10-18)25-22-23-14-13-20(26-22)27(2)3/h4-8,13-15,18-19H,9-12H2,1-3H3,(H,24,28)(H,23,25,26)/b16-15+/t18-,19+. The van der Waals surface area contributed by atoms with Gasteiger partial charge in [0, 0.05) is 37.9 Å². The monoisotopic (exact) mass is 379 g/mol. The summed E-state index contributed by atoms with van der Waals surface area (Å²) in [6.45, 7) is 1.87. The average molecular weight is 380 g/mol. The second-order valence-corrected chi connectivity index (χ2v) is 7.54. The molecule has 28 heavy (non-hydrogen) atoms. The average Bonchev–Trinajstić information content (AvgIpc) is 2.70. The van der Waals surface area contributed by atoms with Crippen LogP contribution in [0.1, 0.15) is 38.2 Å². The van der Waals surface area contributed by atoms with Gasteiger partial charge in [0.1, 0.15) is 5.82 Å². The molecule has 1 amide bonds. The summed E-state index contributed by atoms with van der Waals surface area (Å²) in [6, 6.07) is 12.4. The van der Waals surface area contributed by atoms with Crippen molar-refractivity contribution in [2.24, 2.45) is 0 Å². The quantitative estimate of drug-likeness (QED) is 0.752. The number of nitrogens with one attached hydrogen (secondary N) is 2. The van der Waals surface area contributed by atoms with Crippen molar-refractivity contribution in [1.29, 1.82) is 0 Å². The molecule has 0 unspecified atom stereocenters. The maximum atomic E-state index is 12.5. The molecular formula is C22H29N5O. The molecule has 0 saturated heterocycles. The van der Waals surface area contributed by atoms with Crippen LogP contribution >= 0.6 is 0 Å². The summed E-state index contributed by atoms with van der Waals surface area (Å²) < 4.78 is 0. The van der Waals surface area contributed by atoms with Gasteiger partial charge in [0.25, 0.3) is 0 Å². The first kappa shape index (κ1) is 19.9. The van der Waals surface area contributed by atoms with Gasteiger partial charge in [0.05, 0.1) is 0 Å². The van der Waals surface area contributed by atoms with Crippen LogP contribution in [0.3, 0.4) is 0 Å². The van der Waals surface area contributed by atoms with Crippen LogP contribution in [0.2, 0.25) is 0 Å². The summed E-state index contributed by atoms with van der Waals surface area (Å²) in [5, 5.41) is 6.61. The lowest BCUT2D eigenvalue weighted by Crippen LogP contribution is -2.40. The van der Waals surface area contributed by atoms with Crippen LogP contribution in [0.15, 0.2) is 48.2 Å². The molecule has 2 aromatic rings. The Balaban J connectivity index is 1.48. The van der Waals surface area contributed by atoms with E-state index < -0.39 is 0 Å². The van der Waals surface area contributed by atoms with Crippen molar-refractivity contribution >= 4 is 23.7 Å². The molecule has 1 aliphatic rings. The Labute approximate surface area is 167 Å². The normalized spacial score (nSPS) is 19.8. The van der Waals surface area contributed by atoms with Crippen molar-refractivity contribution in [3.05, 3.63) is 53.7 Å². The van der Waals surface area contributed by atoms with E-state index in [4.69, 9.17) is 0 Å². The van der Waals surface area contributed by atoms with Gasteiger partial charge >= 0.3 is 0 Å². The first-order valence-corrected chi connectivity index (χ1v) is 9.82. The highest BCUT2D eigenvalue weighted by Crippen LogP contribution is 2.22. The molecule has 1 fully saturated rings. The van der Waals surface area contributed by atoms with Crippen LogP contribution in [-0.4, -0.2) is 42.1 Å². The second-order valence-electron chi connectivity index (χ2n) is 7.54. The fraction of sp³-hybridized carbons (Fsp3) is 0.409. The number of nitrogens with zero attached hydrogens (tertiary/aromatic N) is 3. The molecule has 1 aromatic heterocycles. The van der Waals surface area contributed by atoms with E-state index >= 15 is 0 Å². The topological polar surface area (TPSA) is 70.2 Å². The van der Waals surface area contributed by atoms with Crippen molar-refractivity contribution in [1.82, 2.24) is 15.3 Å². The zero-order valence-electron chi connectivity index (χ0n) is 16.9. The van der Waals surface area contributed by atoms with Gasteiger partial charge < -0.3 is 15.5 Å². The van der Waals surface area contributed by atoms with Crippen LogP contribution in [0.25, 0.3) is 6.08 Å². The van der Waals surface area contributed by atoms with E-state index in [9.17, 15) is 4.79 Å². The summed E-state index contributed by atoms with van der Waals surface area (Å²) in [7, 11) is 3.93. The molecule has 0 aliphatic heterocycles. The Hall–Kier alpha value is -2.89. The van der Waals surface area contributed by atoms with E-state index in [0.717, 1.165) is 42.6 Å². The summed E-state index contributed by atoms with van der Waals surface area (Å²) in [5.74, 6) is 1.57. The third kappa shape index (κ3) is 5.55. The lowest BCUT2D eigenvalue weighted by atomic mass is 9.91. The molecule has 0 atom stereocenters. The molecule has 1 aliphatic carbocycles.